The third-order valence-corrected chi connectivity index (χ3v) is 5.60. The summed E-state index contributed by atoms with van der Waals surface area (Å²) in [6.07, 6.45) is 6.39. The zero-order valence-corrected chi connectivity index (χ0v) is 15.7. The number of carbonyl (C=O) groups is 1. The Morgan fingerprint density at radius 3 is 2.93 bits per heavy atom. The summed E-state index contributed by atoms with van der Waals surface area (Å²) in [5.74, 6) is 2.01. The van der Waals surface area contributed by atoms with Crippen molar-refractivity contribution in [2.75, 3.05) is 20.2 Å². The Morgan fingerprint density at radius 1 is 1.19 bits per heavy atom. The average molecular weight is 372 g/mol. The van der Waals surface area contributed by atoms with Gasteiger partial charge in [-0.1, -0.05) is 6.42 Å². The van der Waals surface area contributed by atoms with Gasteiger partial charge in [0.25, 0.3) is 5.91 Å². The van der Waals surface area contributed by atoms with E-state index in [2.05, 4.69) is 14.8 Å². The molecule has 0 saturated carbocycles. The van der Waals surface area contributed by atoms with Gasteiger partial charge in [0, 0.05) is 32.0 Å². The molecule has 1 unspecified atom stereocenters. The molecule has 144 valence electrons. The van der Waals surface area contributed by atoms with Gasteiger partial charge in [-0.25, -0.2) is 4.39 Å². The van der Waals surface area contributed by atoms with Gasteiger partial charge in [-0.2, -0.15) is 0 Å². The van der Waals surface area contributed by atoms with Crippen LogP contribution in [0, 0.1) is 5.82 Å². The van der Waals surface area contributed by atoms with Crippen molar-refractivity contribution in [3.63, 3.8) is 0 Å². The maximum absolute atomic E-state index is 13.7. The first-order valence-electron chi connectivity index (χ1n) is 9.72. The SMILES string of the molecule is COc1ccc(F)cc1C(=O)N1CCCC(c2nnc3n2CCCCC3)C1. The van der Waals surface area contributed by atoms with Gasteiger partial charge in [-0.3, -0.25) is 4.79 Å². The van der Waals surface area contributed by atoms with Gasteiger partial charge in [0.2, 0.25) is 0 Å². The molecule has 0 bridgehead atoms. The van der Waals surface area contributed by atoms with Gasteiger partial charge in [0.05, 0.1) is 12.7 Å². The second kappa shape index (κ2) is 7.66. The predicted molar refractivity (Wildman–Crippen MR) is 98.4 cm³/mol. The van der Waals surface area contributed by atoms with Crippen LogP contribution in [-0.4, -0.2) is 45.8 Å². The largest absolute Gasteiger partial charge is 0.496 e. The highest BCUT2D eigenvalue weighted by Crippen LogP contribution is 2.30. The van der Waals surface area contributed by atoms with E-state index in [4.69, 9.17) is 4.74 Å². The fraction of sp³-hybridized carbons (Fsp3) is 0.550. The highest BCUT2D eigenvalue weighted by Gasteiger charge is 2.31. The summed E-state index contributed by atoms with van der Waals surface area (Å²) in [7, 11) is 1.49. The van der Waals surface area contributed by atoms with E-state index in [1.165, 1.54) is 31.7 Å². The summed E-state index contributed by atoms with van der Waals surface area (Å²) in [5.41, 5.74) is 0.276. The minimum Gasteiger partial charge on any atom is -0.496 e. The van der Waals surface area contributed by atoms with Crippen molar-refractivity contribution in [2.45, 2.75) is 51.0 Å². The Kier molecular flexibility index (Phi) is 5.09. The number of methoxy groups -OCH3 is 1. The number of hydrogen-bond donors (Lipinski definition) is 0. The van der Waals surface area contributed by atoms with Crippen molar-refractivity contribution in [3.8, 4) is 5.75 Å². The maximum Gasteiger partial charge on any atom is 0.257 e. The number of benzene rings is 1. The van der Waals surface area contributed by atoms with Crippen LogP contribution in [0.5, 0.6) is 5.75 Å². The number of likely N-dealkylation sites (tertiary alicyclic amines) is 1. The Bertz CT molecular complexity index is 835. The molecule has 4 rings (SSSR count). The van der Waals surface area contributed by atoms with Crippen LogP contribution in [0.3, 0.4) is 0 Å². The van der Waals surface area contributed by atoms with E-state index in [-0.39, 0.29) is 17.4 Å². The van der Waals surface area contributed by atoms with Crippen molar-refractivity contribution in [1.29, 1.82) is 0 Å². The molecule has 0 aliphatic carbocycles. The molecule has 0 radical (unpaired) electrons. The minimum atomic E-state index is -0.435. The number of fused-ring (bicyclic) bond motifs is 1. The highest BCUT2D eigenvalue weighted by atomic mass is 19.1. The Labute approximate surface area is 158 Å². The molecule has 2 aromatic rings. The molecular weight excluding hydrogens is 347 g/mol. The number of hydrogen-bond acceptors (Lipinski definition) is 4. The number of nitrogens with zero attached hydrogens (tertiary/aromatic N) is 4. The zero-order chi connectivity index (χ0) is 18.8. The lowest BCUT2D eigenvalue weighted by Gasteiger charge is -2.32. The fourth-order valence-electron chi connectivity index (χ4n) is 4.20. The van der Waals surface area contributed by atoms with E-state index >= 15 is 0 Å². The molecule has 1 atom stereocenters. The maximum atomic E-state index is 13.7. The third-order valence-electron chi connectivity index (χ3n) is 5.60. The topological polar surface area (TPSA) is 60.2 Å². The monoisotopic (exact) mass is 372 g/mol. The molecule has 27 heavy (non-hydrogen) atoms. The molecule has 1 saturated heterocycles. The second-order valence-corrected chi connectivity index (χ2v) is 7.37. The summed E-state index contributed by atoms with van der Waals surface area (Å²) in [6.45, 7) is 2.20. The molecule has 2 aliphatic rings. The summed E-state index contributed by atoms with van der Waals surface area (Å²) >= 11 is 0. The predicted octanol–water partition coefficient (Wildman–Crippen LogP) is 3.17. The molecule has 1 aromatic carbocycles. The van der Waals surface area contributed by atoms with Crippen LogP contribution in [0.15, 0.2) is 18.2 Å². The number of rotatable bonds is 3. The molecule has 3 heterocycles. The number of halogens is 1. The van der Waals surface area contributed by atoms with Crippen molar-refractivity contribution >= 4 is 5.91 Å². The molecule has 2 aliphatic heterocycles. The van der Waals surface area contributed by atoms with E-state index in [1.807, 2.05) is 0 Å². The lowest BCUT2D eigenvalue weighted by Crippen LogP contribution is -2.40. The molecule has 6 nitrogen and oxygen atoms in total. The molecular formula is C20H25FN4O2. The Hall–Kier alpha value is -2.44. The average Bonchev–Trinajstić information content (AvgIpc) is 2.96. The standard InChI is InChI=1S/C20H25FN4O2/c1-27-17-9-8-15(21)12-16(17)20(26)24-10-5-6-14(13-24)19-23-22-18-7-3-2-4-11-25(18)19/h8-9,12,14H,2-7,10-11,13H2,1H3. The van der Waals surface area contributed by atoms with Crippen molar-refractivity contribution < 1.29 is 13.9 Å². The first kappa shape index (κ1) is 17.9. The van der Waals surface area contributed by atoms with Crippen LogP contribution in [0.2, 0.25) is 0 Å². The molecule has 0 N–H and O–H groups in total. The van der Waals surface area contributed by atoms with Gasteiger partial charge < -0.3 is 14.2 Å². The summed E-state index contributed by atoms with van der Waals surface area (Å²) < 4.78 is 21.2. The lowest BCUT2D eigenvalue weighted by atomic mass is 9.96. The fourth-order valence-corrected chi connectivity index (χ4v) is 4.20. The number of ether oxygens (including phenoxy) is 1. The van der Waals surface area contributed by atoms with Gasteiger partial charge >= 0.3 is 0 Å². The van der Waals surface area contributed by atoms with E-state index in [0.717, 1.165) is 50.3 Å². The van der Waals surface area contributed by atoms with Crippen LogP contribution in [0.1, 0.15) is 60.0 Å². The first-order chi connectivity index (χ1) is 13.2. The highest BCUT2D eigenvalue weighted by molar-refractivity contribution is 5.97. The van der Waals surface area contributed by atoms with Crippen LogP contribution in [0.4, 0.5) is 4.39 Å². The van der Waals surface area contributed by atoms with Gasteiger partial charge in [0.15, 0.2) is 0 Å². The van der Waals surface area contributed by atoms with E-state index in [9.17, 15) is 9.18 Å². The third kappa shape index (κ3) is 3.55. The van der Waals surface area contributed by atoms with Crippen LogP contribution in [0.25, 0.3) is 0 Å². The zero-order valence-electron chi connectivity index (χ0n) is 15.7. The molecule has 7 heteroatoms. The van der Waals surface area contributed by atoms with Crippen molar-refractivity contribution in [1.82, 2.24) is 19.7 Å². The summed E-state index contributed by atoms with van der Waals surface area (Å²) in [5, 5.41) is 8.87. The molecule has 1 aromatic heterocycles. The van der Waals surface area contributed by atoms with Crippen LogP contribution >= 0.6 is 0 Å². The minimum absolute atomic E-state index is 0.168. The number of amides is 1. The molecule has 0 spiro atoms. The normalized spacial score (nSPS) is 20.1. The van der Waals surface area contributed by atoms with E-state index in [0.29, 0.717) is 18.8 Å². The van der Waals surface area contributed by atoms with E-state index < -0.39 is 5.82 Å². The summed E-state index contributed by atoms with van der Waals surface area (Å²) in [4.78, 5) is 14.8. The van der Waals surface area contributed by atoms with Gasteiger partial charge in [0.1, 0.15) is 23.2 Å². The number of piperidine rings is 1. The Balaban J connectivity index is 1.56. The van der Waals surface area contributed by atoms with Crippen LogP contribution in [-0.2, 0) is 13.0 Å². The molecule has 1 fully saturated rings. The van der Waals surface area contributed by atoms with Gasteiger partial charge in [-0.15, -0.1) is 10.2 Å². The molecule has 1 amide bonds. The first-order valence-corrected chi connectivity index (χ1v) is 9.72. The lowest BCUT2D eigenvalue weighted by molar-refractivity contribution is 0.0699. The quantitative estimate of drug-likeness (QED) is 0.830. The summed E-state index contributed by atoms with van der Waals surface area (Å²) in [6, 6.07) is 4.07. The van der Waals surface area contributed by atoms with E-state index in [1.54, 1.807) is 4.90 Å². The van der Waals surface area contributed by atoms with Crippen molar-refractivity contribution in [2.24, 2.45) is 0 Å². The number of aromatic nitrogens is 3. The number of aryl methyl sites for hydroxylation is 1. The Morgan fingerprint density at radius 2 is 2.07 bits per heavy atom. The number of carbonyl (C=O) groups excluding carboxylic acids is 1. The van der Waals surface area contributed by atoms with Crippen LogP contribution < -0.4 is 4.74 Å². The van der Waals surface area contributed by atoms with Crippen molar-refractivity contribution in [3.05, 3.63) is 41.2 Å². The van der Waals surface area contributed by atoms with Gasteiger partial charge in [-0.05, 0) is 43.9 Å². The smallest absolute Gasteiger partial charge is 0.257 e. The second-order valence-electron chi connectivity index (χ2n) is 7.37.